The van der Waals surface area contributed by atoms with Gasteiger partial charge in [0.1, 0.15) is 11.5 Å². The average Bonchev–Trinajstić information content (AvgIpc) is 3.09. The summed E-state index contributed by atoms with van der Waals surface area (Å²) in [7, 11) is 3.37. The summed E-state index contributed by atoms with van der Waals surface area (Å²) in [6, 6.07) is 13.1. The molecule has 0 bridgehead atoms. The number of nitrogens with zero attached hydrogens (tertiary/aromatic N) is 1. The quantitative estimate of drug-likeness (QED) is 0.802. The van der Waals surface area contributed by atoms with E-state index in [1.165, 1.54) is 27.9 Å². The zero-order valence-electron chi connectivity index (χ0n) is 16.5. The van der Waals surface area contributed by atoms with Crippen molar-refractivity contribution in [1.29, 1.82) is 0 Å². The monoisotopic (exact) mass is 365 g/mol. The van der Waals surface area contributed by atoms with Crippen LogP contribution in [-0.2, 0) is 16.1 Å². The number of carbonyl (C=O) groups is 1. The van der Waals surface area contributed by atoms with Crippen LogP contribution in [0.1, 0.15) is 34.6 Å². The number of benzene rings is 2. The van der Waals surface area contributed by atoms with Gasteiger partial charge < -0.3 is 14.4 Å². The summed E-state index contributed by atoms with van der Waals surface area (Å²) in [5.41, 5.74) is 6.28. The third-order valence-corrected chi connectivity index (χ3v) is 5.94. The second-order valence-corrected chi connectivity index (χ2v) is 7.88. The van der Waals surface area contributed by atoms with Crippen molar-refractivity contribution in [2.45, 2.75) is 38.8 Å². The molecule has 3 atom stereocenters. The molecule has 0 unspecified atom stereocenters. The Bertz CT molecular complexity index is 856. The Balaban J connectivity index is 1.76. The number of carbonyl (C=O) groups excluding carboxylic acids is 1. The van der Waals surface area contributed by atoms with Crippen LogP contribution >= 0.6 is 0 Å². The predicted molar refractivity (Wildman–Crippen MR) is 107 cm³/mol. The molecule has 0 spiro atoms. The SMILES string of the molecule is COC[C@H]1C(=O)C[C@@H]2c3cc(OC)ccc3N(Cc3cc(C)cc(C)c3)[C@@H]21. The molecule has 1 aliphatic carbocycles. The van der Waals surface area contributed by atoms with E-state index in [1.807, 2.05) is 6.07 Å². The van der Waals surface area contributed by atoms with Gasteiger partial charge in [0, 0.05) is 37.7 Å². The van der Waals surface area contributed by atoms with E-state index >= 15 is 0 Å². The van der Waals surface area contributed by atoms with Crippen molar-refractivity contribution in [2.24, 2.45) is 5.92 Å². The highest BCUT2D eigenvalue weighted by Crippen LogP contribution is 2.51. The third-order valence-electron chi connectivity index (χ3n) is 5.94. The van der Waals surface area contributed by atoms with Crippen LogP contribution in [0.2, 0.25) is 0 Å². The molecule has 4 nitrogen and oxygen atoms in total. The Kier molecular flexibility index (Phi) is 4.68. The molecule has 4 heteroatoms. The first-order chi connectivity index (χ1) is 13.0. The summed E-state index contributed by atoms with van der Waals surface area (Å²) in [6.45, 7) is 5.55. The number of fused-ring (bicyclic) bond motifs is 3. The molecule has 2 aliphatic rings. The average molecular weight is 365 g/mol. The Morgan fingerprint density at radius 2 is 1.81 bits per heavy atom. The third kappa shape index (κ3) is 3.12. The summed E-state index contributed by atoms with van der Waals surface area (Å²) in [4.78, 5) is 15.1. The first-order valence-corrected chi connectivity index (χ1v) is 9.55. The molecule has 0 saturated heterocycles. The van der Waals surface area contributed by atoms with Gasteiger partial charge in [-0.25, -0.2) is 0 Å². The standard InChI is InChI=1S/C23H27NO3/c1-14-7-15(2)9-16(8-14)12-24-21-6-5-17(27-4)10-18(21)19-11-22(25)20(13-26-3)23(19)24/h5-10,19-20,23H,11-13H2,1-4H3/t19-,20+,23+/m1/s1. The number of anilines is 1. The molecule has 1 saturated carbocycles. The Labute approximate surface area is 161 Å². The van der Waals surface area contributed by atoms with Gasteiger partial charge in [-0.2, -0.15) is 0 Å². The van der Waals surface area contributed by atoms with E-state index in [0.29, 0.717) is 18.8 Å². The van der Waals surface area contributed by atoms with Crippen molar-refractivity contribution in [3.63, 3.8) is 0 Å². The van der Waals surface area contributed by atoms with Gasteiger partial charge >= 0.3 is 0 Å². The van der Waals surface area contributed by atoms with Gasteiger partial charge in [0.15, 0.2) is 0 Å². The van der Waals surface area contributed by atoms with Crippen molar-refractivity contribution >= 4 is 11.5 Å². The second kappa shape index (κ2) is 7.01. The lowest BCUT2D eigenvalue weighted by molar-refractivity contribution is -0.122. The lowest BCUT2D eigenvalue weighted by atomic mass is 9.95. The van der Waals surface area contributed by atoms with Crippen molar-refractivity contribution in [3.05, 3.63) is 58.7 Å². The van der Waals surface area contributed by atoms with E-state index in [-0.39, 0.29) is 17.9 Å². The van der Waals surface area contributed by atoms with Gasteiger partial charge in [-0.15, -0.1) is 0 Å². The lowest BCUT2D eigenvalue weighted by Gasteiger charge is -2.31. The number of ketones is 1. The van der Waals surface area contributed by atoms with E-state index in [2.05, 4.69) is 49.1 Å². The number of aryl methyl sites for hydroxylation is 2. The molecule has 2 aromatic rings. The lowest BCUT2D eigenvalue weighted by Crippen LogP contribution is -2.39. The predicted octanol–water partition coefficient (Wildman–Crippen LogP) is 4.02. The molecule has 142 valence electrons. The number of hydrogen-bond donors (Lipinski definition) is 0. The maximum atomic E-state index is 12.7. The summed E-state index contributed by atoms with van der Waals surface area (Å²) in [5.74, 6) is 1.30. The van der Waals surface area contributed by atoms with Gasteiger partial charge in [-0.1, -0.05) is 29.3 Å². The first kappa shape index (κ1) is 18.1. The molecular weight excluding hydrogens is 338 g/mol. The number of methoxy groups -OCH3 is 2. The van der Waals surface area contributed by atoms with E-state index < -0.39 is 0 Å². The zero-order chi connectivity index (χ0) is 19.1. The maximum Gasteiger partial charge on any atom is 0.141 e. The number of hydrogen-bond acceptors (Lipinski definition) is 4. The number of ether oxygens (including phenoxy) is 2. The highest BCUT2D eigenvalue weighted by Gasteiger charge is 2.51. The topological polar surface area (TPSA) is 38.8 Å². The largest absolute Gasteiger partial charge is 0.497 e. The molecule has 4 rings (SSSR count). The van der Waals surface area contributed by atoms with Crippen molar-refractivity contribution in [2.75, 3.05) is 25.7 Å². The minimum atomic E-state index is -0.0794. The fraction of sp³-hybridized carbons (Fsp3) is 0.435. The highest BCUT2D eigenvalue weighted by molar-refractivity contribution is 5.89. The second-order valence-electron chi connectivity index (χ2n) is 7.88. The number of rotatable bonds is 5. The minimum absolute atomic E-state index is 0.0794. The summed E-state index contributed by atoms with van der Waals surface area (Å²) in [5, 5.41) is 0. The molecule has 1 aliphatic heterocycles. The van der Waals surface area contributed by atoms with E-state index in [9.17, 15) is 4.79 Å². The maximum absolute atomic E-state index is 12.7. The summed E-state index contributed by atoms with van der Waals surface area (Å²) >= 11 is 0. The normalized spacial score (nSPS) is 23.5. The smallest absolute Gasteiger partial charge is 0.141 e. The van der Waals surface area contributed by atoms with E-state index in [4.69, 9.17) is 9.47 Å². The molecule has 0 amide bonds. The van der Waals surface area contributed by atoms with Crippen LogP contribution in [0.5, 0.6) is 5.75 Å². The van der Waals surface area contributed by atoms with Gasteiger partial charge in [-0.05, 0) is 43.2 Å². The van der Waals surface area contributed by atoms with Crippen LogP contribution in [0.3, 0.4) is 0 Å². The molecule has 1 fully saturated rings. The van der Waals surface area contributed by atoms with Gasteiger partial charge in [0.25, 0.3) is 0 Å². The van der Waals surface area contributed by atoms with Gasteiger partial charge in [0.05, 0.1) is 19.6 Å². The van der Waals surface area contributed by atoms with Crippen LogP contribution in [0, 0.1) is 19.8 Å². The van der Waals surface area contributed by atoms with Crippen molar-refractivity contribution < 1.29 is 14.3 Å². The fourth-order valence-electron chi connectivity index (χ4n) is 4.99. The molecule has 2 aromatic carbocycles. The van der Waals surface area contributed by atoms with E-state index in [1.54, 1.807) is 14.2 Å². The van der Waals surface area contributed by atoms with Crippen molar-refractivity contribution in [3.8, 4) is 5.75 Å². The molecule has 0 radical (unpaired) electrons. The van der Waals surface area contributed by atoms with Crippen LogP contribution in [-0.4, -0.2) is 32.7 Å². The Morgan fingerprint density at radius 3 is 2.48 bits per heavy atom. The Hall–Kier alpha value is -2.33. The van der Waals surface area contributed by atoms with Crippen LogP contribution in [0.25, 0.3) is 0 Å². The van der Waals surface area contributed by atoms with Crippen LogP contribution in [0.4, 0.5) is 5.69 Å². The van der Waals surface area contributed by atoms with Gasteiger partial charge in [-0.3, -0.25) is 4.79 Å². The molecule has 0 N–H and O–H groups in total. The summed E-state index contributed by atoms with van der Waals surface area (Å²) < 4.78 is 10.9. The zero-order valence-corrected chi connectivity index (χ0v) is 16.5. The molecular formula is C23H27NO3. The van der Waals surface area contributed by atoms with Gasteiger partial charge in [0.2, 0.25) is 0 Å². The molecule has 0 aromatic heterocycles. The van der Waals surface area contributed by atoms with E-state index in [0.717, 1.165) is 12.3 Å². The fourth-order valence-corrected chi connectivity index (χ4v) is 4.99. The first-order valence-electron chi connectivity index (χ1n) is 9.55. The van der Waals surface area contributed by atoms with Crippen molar-refractivity contribution in [1.82, 2.24) is 0 Å². The van der Waals surface area contributed by atoms with Crippen LogP contribution < -0.4 is 9.64 Å². The minimum Gasteiger partial charge on any atom is -0.497 e. The molecule has 27 heavy (non-hydrogen) atoms. The Morgan fingerprint density at radius 1 is 1.07 bits per heavy atom. The number of Topliss-reactive ketones (excluding diaryl/α,β-unsaturated/α-hetero) is 1. The summed E-state index contributed by atoms with van der Waals surface area (Å²) in [6.07, 6.45) is 0.586. The molecule has 1 heterocycles. The van der Waals surface area contributed by atoms with Crippen LogP contribution in [0.15, 0.2) is 36.4 Å². The highest BCUT2D eigenvalue weighted by atomic mass is 16.5.